The number of amides is 2. The van der Waals surface area contributed by atoms with E-state index < -0.39 is 30.0 Å². The number of benzene rings is 1. The number of nitrogens with zero attached hydrogens (tertiary/aromatic N) is 1. The van der Waals surface area contributed by atoms with Crippen molar-refractivity contribution in [2.45, 2.75) is 33.0 Å². The van der Waals surface area contributed by atoms with Crippen molar-refractivity contribution >= 4 is 17.6 Å². The van der Waals surface area contributed by atoms with Crippen LogP contribution < -0.4 is 10.6 Å². The molecule has 0 aliphatic rings. The van der Waals surface area contributed by atoms with Crippen LogP contribution in [0.2, 0.25) is 0 Å². The number of carbonyl (C=O) groups excluding carboxylic acids is 2. The minimum absolute atomic E-state index is 0.140. The fraction of sp³-hybridized carbons (Fsp3) is 0.278. The molecule has 2 amide bonds. The number of anilines is 1. The summed E-state index contributed by atoms with van der Waals surface area (Å²) in [6.07, 6.45) is -4.38. The maximum absolute atomic E-state index is 13.7. The van der Waals surface area contributed by atoms with Crippen LogP contribution in [-0.4, -0.2) is 16.8 Å². The summed E-state index contributed by atoms with van der Waals surface area (Å²) in [4.78, 5) is 27.8. The van der Waals surface area contributed by atoms with Gasteiger partial charge in [-0.3, -0.25) is 9.59 Å². The van der Waals surface area contributed by atoms with Crippen LogP contribution in [-0.2, 0) is 17.5 Å². The molecule has 0 saturated heterocycles. The topological polar surface area (TPSA) is 71.1 Å². The van der Waals surface area contributed by atoms with E-state index in [9.17, 15) is 27.2 Å². The van der Waals surface area contributed by atoms with Gasteiger partial charge in [-0.2, -0.15) is 13.2 Å². The Bertz CT molecular complexity index is 866. The Kier molecular flexibility index (Phi) is 6.14. The predicted molar refractivity (Wildman–Crippen MR) is 90.5 cm³/mol. The van der Waals surface area contributed by atoms with Crippen LogP contribution >= 0.6 is 0 Å². The van der Waals surface area contributed by atoms with E-state index in [2.05, 4.69) is 15.6 Å². The zero-order valence-corrected chi connectivity index (χ0v) is 14.6. The number of hydrogen-bond donors (Lipinski definition) is 2. The molecule has 1 aromatic heterocycles. The molecule has 1 heterocycles. The molecule has 2 N–H and O–H groups in total. The van der Waals surface area contributed by atoms with Crippen molar-refractivity contribution in [2.75, 3.05) is 5.32 Å². The van der Waals surface area contributed by atoms with E-state index in [0.29, 0.717) is 23.9 Å². The van der Waals surface area contributed by atoms with Gasteiger partial charge >= 0.3 is 6.18 Å². The summed E-state index contributed by atoms with van der Waals surface area (Å²) in [6.45, 7) is 2.85. The van der Waals surface area contributed by atoms with Gasteiger partial charge in [0.15, 0.2) is 0 Å². The lowest BCUT2D eigenvalue weighted by Gasteiger charge is -2.11. The second-order valence-corrected chi connectivity index (χ2v) is 5.77. The minimum Gasteiger partial charge on any atom is -0.348 e. The standard InChI is InChI=1S/C18H17F4N3O2/c1-3-16(26)25-15-8-11(6-10(2)24-15)17(27)23-9-12-7-13(18(20,21)22)4-5-14(12)19/h4-8H,3,9H2,1-2H3,(H,23,27)(H,24,25,26). The number of aryl methyl sites for hydroxylation is 1. The molecule has 0 spiro atoms. The first-order chi connectivity index (χ1) is 12.6. The van der Waals surface area contributed by atoms with Gasteiger partial charge in [0.25, 0.3) is 5.91 Å². The first kappa shape index (κ1) is 20.3. The Morgan fingerprint density at radius 1 is 1.15 bits per heavy atom. The average Bonchev–Trinajstić information content (AvgIpc) is 2.59. The largest absolute Gasteiger partial charge is 0.416 e. The highest BCUT2D eigenvalue weighted by Crippen LogP contribution is 2.30. The van der Waals surface area contributed by atoms with Gasteiger partial charge < -0.3 is 10.6 Å². The van der Waals surface area contributed by atoms with Crippen molar-refractivity contribution in [3.63, 3.8) is 0 Å². The maximum atomic E-state index is 13.7. The number of alkyl halides is 3. The predicted octanol–water partition coefficient (Wildman–Crippen LogP) is 3.83. The molecule has 0 aliphatic carbocycles. The van der Waals surface area contributed by atoms with E-state index in [1.54, 1.807) is 13.8 Å². The van der Waals surface area contributed by atoms with Gasteiger partial charge in [-0.05, 0) is 37.3 Å². The number of nitrogens with one attached hydrogen (secondary N) is 2. The van der Waals surface area contributed by atoms with E-state index in [1.807, 2.05) is 0 Å². The fourth-order valence-electron chi connectivity index (χ4n) is 2.26. The summed E-state index contributed by atoms with van der Waals surface area (Å²) in [7, 11) is 0. The van der Waals surface area contributed by atoms with Gasteiger partial charge in [0.1, 0.15) is 11.6 Å². The van der Waals surface area contributed by atoms with Crippen LogP contribution in [0.4, 0.5) is 23.4 Å². The van der Waals surface area contributed by atoms with E-state index in [-0.39, 0.29) is 29.3 Å². The average molecular weight is 383 g/mol. The molecular weight excluding hydrogens is 366 g/mol. The van der Waals surface area contributed by atoms with E-state index in [4.69, 9.17) is 0 Å². The Morgan fingerprint density at radius 2 is 1.85 bits per heavy atom. The Hall–Kier alpha value is -2.97. The number of pyridine rings is 1. The van der Waals surface area contributed by atoms with Crippen LogP contribution in [0.1, 0.15) is 40.5 Å². The molecule has 0 saturated carbocycles. The van der Waals surface area contributed by atoms with Crippen molar-refractivity contribution in [2.24, 2.45) is 0 Å². The lowest BCUT2D eigenvalue weighted by atomic mass is 10.1. The second-order valence-electron chi connectivity index (χ2n) is 5.77. The highest BCUT2D eigenvalue weighted by atomic mass is 19.4. The SMILES string of the molecule is CCC(=O)Nc1cc(C(=O)NCc2cc(C(F)(F)F)ccc2F)cc(C)n1. The minimum atomic E-state index is -4.61. The van der Waals surface area contributed by atoms with E-state index in [1.165, 1.54) is 12.1 Å². The third-order valence-corrected chi connectivity index (χ3v) is 3.62. The monoisotopic (exact) mass is 383 g/mol. The van der Waals surface area contributed by atoms with Crippen molar-refractivity contribution < 1.29 is 27.2 Å². The molecule has 9 heteroatoms. The molecule has 0 bridgehead atoms. The summed E-state index contributed by atoms with van der Waals surface area (Å²) in [6, 6.07) is 4.77. The van der Waals surface area contributed by atoms with Crippen molar-refractivity contribution in [1.29, 1.82) is 0 Å². The molecule has 0 fully saturated rings. The number of halogens is 4. The molecule has 2 aromatic rings. The highest BCUT2D eigenvalue weighted by Gasteiger charge is 2.31. The zero-order chi connectivity index (χ0) is 20.2. The van der Waals surface area contributed by atoms with E-state index in [0.717, 1.165) is 0 Å². The number of rotatable bonds is 5. The summed E-state index contributed by atoms with van der Waals surface area (Å²) in [5, 5.41) is 4.89. The van der Waals surface area contributed by atoms with Crippen molar-refractivity contribution in [3.8, 4) is 0 Å². The van der Waals surface area contributed by atoms with E-state index >= 15 is 0 Å². The summed E-state index contributed by atoms with van der Waals surface area (Å²) >= 11 is 0. The second kappa shape index (κ2) is 8.15. The van der Waals surface area contributed by atoms with Gasteiger partial charge in [-0.1, -0.05) is 6.92 Å². The smallest absolute Gasteiger partial charge is 0.348 e. The Balaban J connectivity index is 2.15. The third kappa shape index (κ3) is 5.50. The van der Waals surface area contributed by atoms with Crippen LogP contribution in [0, 0.1) is 12.7 Å². The molecular formula is C18H17F4N3O2. The summed E-state index contributed by atoms with van der Waals surface area (Å²) in [5.41, 5.74) is -0.693. The van der Waals surface area contributed by atoms with Gasteiger partial charge in [0, 0.05) is 29.8 Å². The molecule has 0 unspecified atom stereocenters. The van der Waals surface area contributed by atoms with Crippen LogP contribution in [0.5, 0.6) is 0 Å². The van der Waals surface area contributed by atoms with Crippen LogP contribution in [0.25, 0.3) is 0 Å². The first-order valence-electron chi connectivity index (χ1n) is 8.02. The molecule has 0 radical (unpaired) electrons. The molecule has 144 valence electrons. The normalized spacial score (nSPS) is 11.2. The molecule has 0 atom stereocenters. The molecule has 0 aliphatic heterocycles. The first-order valence-corrected chi connectivity index (χ1v) is 8.02. The van der Waals surface area contributed by atoms with Gasteiger partial charge in [-0.15, -0.1) is 0 Å². The molecule has 27 heavy (non-hydrogen) atoms. The number of hydrogen-bond acceptors (Lipinski definition) is 3. The van der Waals surface area contributed by atoms with Crippen LogP contribution in [0.15, 0.2) is 30.3 Å². The quantitative estimate of drug-likeness (QED) is 0.771. The Labute approximate surface area is 152 Å². The lowest BCUT2D eigenvalue weighted by Crippen LogP contribution is -2.24. The highest BCUT2D eigenvalue weighted by molar-refractivity contribution is 5.96. The molecule has 1 aromatic carbocycles. The van der Waals surface area contributed by atoms with Gasteiger partial charge in [-0.25, -0.2) is 9.37 Å². The van der Waals surface area contributed by atoms with Crippen LogP contribution in [0.3, 0.4) is 0 Å². The molecule has 2 rings (SSSR count). The zero-order valence-electron chi connectivity index (χ0n) is 14.6. The fourth-order valence-corrected chi connectivity index (χ4v) is 2.26. The van der Waals surface area contributed by atoms with Crippen molar-refractivity contribution in [1.82, 2.24) is 10.3 Å². The van der Waals surface area contributed by atoms with Crippen molar-refractivity contribution in [3.05, 3.63) is 58.5 Å². The number of aromatic nitrogens is 1. The lowest BCUT2D eigenvalue weighted by molar-refractivity contribution is -0.137. The Morgan fingerprint density at radius 3 is 2.48 bits per heavy atom. The summed E-state index contributed by atoms with van der Waals surface area (Å²) < 4.78 is 51.9. The third-order valence-electron chi connectivity index (χ3n) is 3.62. The maximum Gasteiger partial charge on any atom is 0.416 e. The number of carbonyl (C=O) groups is 2. The summed E-state index contributed by atoms with van der Waals surface area (Å²) in [5.74, 6) is -1.60. The van der Waals surface area contributed by atoms with Gasteiger partial charge in [0.2, 0.25) is 5.91 Å². The van der Waals surface area contributed by atoms with Gasteiger partial charge in [0.05, 0.1) is 5.56 Å². The molecule has 5 nitrogen and oxygen atoms in total.